The number of aromatic nitrogens is 3. The van der Waals surface area contributed by atoms with Gasteiger partial charge in [0.2, 0.25) is 0 Å². The summed E-state index contributed by atoms with van der Waals surface area (Å²) in [6.07, 6.45) is 0.973. The van der Waals surface area contributed by atoms with Crippen LogP contribution in [0.25, 0.3) is 5.57 Å². The molecule has 0 saturated heterocycles. The lowest BCUT2D eigenvalue weighted by molar-refractivity contribution is -0.0883. The third kappa shape index (κ3) is 4.92. The smallest absolute Gasteiger partial charge is 0.351 e. The Morgan fingerprint density at radius 3 is 2.62 bits per heavy atom. The molecule has 0 spiro atoms. The summed E-state index contributed by atoms with van der Waals surface area (Å²) in [4.78, 5) is 5.97. The van der Waals surface area contributed by atoms with E-state index in [4.69, 9.17) is 0 Å². The van der Waals surface area contributed by atoms with Gasteiger partial charge in [-0.25, -0.2) is 13.8 Å². The number of aryl methyl sites for hydroxylation is 1. The molecule has 32 heavy (non-hydrogen) atoms. The van der Waals surface area contributed by atoms with Crippen LogP contribution in [0.3, 0.4) is 0 Å². The van der Waals surface area contributed by atoms with E-state index < -0.39 is 24.2 Å². The van der Waals surface area contributed by atoms with Gasteiger partial charge in [-0.1, -0.05) is 19.1 Å². The van der Waals surface area contributed by atoms with Gasteiger partial charge in [-0.05, 0) is 49.6 Å². The van der Waals surface area contributed by atoms with Gasteiger partial charge in [0.15, 0.2) is 0 Å². The quantitative estimate of drug-likeness (QED) is 0.371. The number of allylic oxidation sites excluding steroid dienone is 6. The van der Waals surface area contributed by atoms with Crippen molar-refractivity contribution in [2.75, 3.05) is 18.6 Å². The standard InChI is InChI=1S/C23H25F5N4/c1-4-6-16(23(26,27)28)11-18(15(5-2)13-24)19-12-21-20(9-10-32(21)30-19)31(3)22-8-7-17(25)14-29-22/h5-8,11-12,14,20H,4,9-10,13H2,1-3H3/b15-5-,16-6-,18-11+. The summed E-state index contributed by atoms with van der Waals surface area (Å²) < 4.78 is 69.2. The van der Waals surface area contributed by atoms with Gasteiger partial charge < -0.3 is 4.90 Å². The second-order valence-corrected chi connectivity index (χ2v) is 7.50. The van der Waals surface area contributed by atoms with Crippen molar-refractivity contribution in [1.29, 1.82) is 0 Å². The molecule has 1 aliphatic heterocycles. The first-order chi connectivity index (χ1) is 15.2. The van der Waals surface area contributed by atoms with E-state index in [1.807, 2.05) is 11.9 Å². The number of pyridine rings is 1. The molecule has 0 fully saturated rings. The van der Waals surface area contributed by atoms with Crippen molar-refractivity contribution in [3.8, 4) is 0 Å². The Labute approximate surface area is 183 Å². The van der Waals surface area contributed by atoms with Crippen molar-refractivity contribution >= 4 is 11.4 Å². The third-order valence-corrected chi connectivity index (χ3v) is 5.47. The number of anilines is 1. The second-order valence-electron chi connectivity index (χ2n) is 7.50. The highest BCUT2D eigenvalue weighted by atomic mass is 19.4. The Morgan fingerprint density at radius 2 is 2.06 bits per heavy atom. The van der Waals surface area contributed by atoms with E-state index in [1.165, 1.54) is 12.1 Å². The molecule has 9 heteroatoms. The van der Waals surface area contributed by atoms with Gasteiger partial charge in [0.05, 0.1) is 29.2 Å². The zero-order valence-corrected chi connectivity index (χ0v) is 18.1. The molecule has 3 heterocycles. The Balaban J connectivity index is 2.02. The van der Waals surface area contributed by atoms with Crippen LogP contribution in [0.15, 0.2) is 53.8 Å². The highest BCUT2D eigenvalue weighted by Gasteiger charge is 2.34. The fourth-order valence-electron chi connectivity index (χ4n) is 3.80. The summed E-state index contributed by atoms with van der Waals surface area (Å²) in [5.74, 6) is 0.118. The molecule has 0 radical (unpaired) electrons. The van der Waals surface area contributed by atoms with Crippen LogP contribution in [0.4, 0.5) is 27.8 Å². The molecule has 0 aliphatic carbocycles. The summed E-state index contributed by atoms with van der Waals surface area (Å²) in [6.45, 7) is 2.83. The number of halogens is 5. The van der Waals surface area contributed by atoms with E-state index in [9.17, 15) is 22.0 Å². The molecule has 172 valence electrons. The van der Waals surface area contributed by atoms with Crippen LogP contribution < -0.4 is 4.90 Å². The van der Waals surface area contributed by atoms with Crippen molar-refractivity contribution in [3.63, 3.8) is 0 Å². The molecule has 3 rings (SSSR count). The first-order valence-electron chi connectivity index (χ1n) is 10.3. The summed E-state index contributed by atoms with van der Waals surface area (Å²) >= 11 is 0. The molecule has 1 unspecified atom stereocenters. The molecule has 0 saturated carbocycles. The predicted octanol–water partition coefficient (Wildman–Crippen LogP) is 6.20. The first kappa shape index (κ1) is 23.7. The normalized spacial score (nSPS) is 17.6. The minimum atomic E-state index is -4.56. The third-order valence-electron chi connectivity index (χ3n) is 5.47. The van der Waals surface area contributed by atoms with Gasteiger partial charge in [-0.2, -0.15) is 18.3 Å². The molecular weight excluding hydrogens is 427 g/mol. The van der Waals surface area contributed by atoms with Crippen LogP contribution in [-0.2, 0) is 6.54 Å². The van der Waals surface area contributed by atoms with Crippen molar-refractivity contribution in [3.05, 3.63) is 71.0 Å². The van der Waals surface area contributed by atoms with Gasteiger partial charge in [-0.3, -0.25) is 4.68 Å². The van der Waals surface area contributed by atoms with Crippen LogP contribution in [0.5, 0.6) is 0 Å². The highest BCUT2D eigenvalue weighted by molar-refractivity contribution is 5.79. The van der Waals surface area contributed by atoms with E-state index in [-0.39, 0.29) is 29.3 Å². The highest BCUT2D eigenvalue weighted by Crippen LogP contribution is 2.37. The van der Waals surface area contributed by atoms with Crippen molar-refractivity contribution in [2.24, 2.45) is 0 Å². The first-order valence-corrected chi connectivity index (χ1v) is 10.3. The Hall–Kier alpha value is -2.97. The van der Waals surface area contributed by atoms with E-state index in [0.29, 0.717) is 18.8 Å². The van der Waals surface area contributed by atoms with Gasteiger partial charge >= 0.3 is 6.18 Å². The molecule has 2 aromatic rings. The minimum absolute atomic E-state index is 0.107. The molecule has 1 atom stereocenters. The SMILES string of the molecule is C\C=C(CF)/C(=C\C(=C\CC)C(F)(F)F)c1cc2n(n1)CCC2N(C)c1ccc(F)cn1. The van der Waals surface area contributed by atoms with Crippen LogP contribution in [0.1, 0.15) is 44.1 Å². The van der Waals surface area contributed by atoms with Gasteiger partial charge in [0, 0.05) is 19.2 Å². The van der Waals surface area contributed by atoms with Crippen molar-refractivity contribution in [1.82, 2.24) is 14.8 Å². The molecule has 0 aromatic carbocycles. The van der Waals surface area contributed by atoms with Crippen LogP contribution >= 0.6 is 0 Å². The van der Waals surface area contributed by atoms with Gasteiger partial charge in [0.25, 0.3) is 0 Å². The topological polar surface area (TPSA) is 34.0 Å². The zero-order valence-electron chi connectivity index (χ0n) is 18.1. The molecule has 2 aromatic heterocycles. The Kier molecular flexibility index (Phi) is 7.16. The van der Waals surface area contributed by atoms with E-state index in [2.05, 4.69) is 10.1 Å². The van der Waals surface area contributed by atoms with E-state index in [0.717, 1.165) is 24.0 Å². The number of hydrogen-bond acceptors (Lipinski definition) is 3. The van der Waals surface area contributed by atoms with E-state index >= 15 is 0 Å². The molecule has 0 amide bonds. The Bertz CT molecular complexity index is 1030. The average molecular weight is 452 g/mol. The number of rotatable bonds is 7. The fourth-order valence-corrected chi connectivity index (χ4v) is 3.80. The summed E-state index contributed by atoms with van der Waals surface area (Å²) in [7, 11) is 1.81. The fraction of sp³-hybridized carbons (Fsp3) is 0.391. The molecule has 4 nitrogen and oxygen atoms in total. The minimum Gasteiger partial charge on any atom is -0.351 e. The van der Waals surface area contributed by atoms with Crippen LogP contribution in [0, 0.1) is 5.82 Å². The van der Waals surface area contributed by atoms with Crippen molar-refractivity contribution in [2.45, 2.75) is 45.5 Å². The zero-order chi connectivity index (χ0) is 23.5. The van der Waals surface area contributed by atoms with Gasteiger partial charge in [0.1, 0.15) is 18.3 Å². The predicted molar refractivity (Wildman–Crippen MR) is 114 cm³/mol. The number of nitrogens with zero attached hydrogens (tertiary/aromatic N) is 4. The lowest BCUT2D eigenvalue weighted by Gasteiger charge is -2.24. The molecule has 0 bridgehead atoms. The number of hydrogen-bond donors (Lipinski definition) is 0. The average Bonchev–Trinajstić information content (AvgIpc) is 3.33. The summed E-state index contributed by atoms with van der Waals surface area (Å²) in [5.41, 5.74) is 0.470. The molecular formula is C23H25F5N4. The number of alkyl halides is 4. The molecule has 0 N–H and O–H groups in total. The monoisotopic (exact) mass is 452 g/mol. The Morgan fingerprint density at radius 1 is 1.31 bits per heavy atom. The maximum Gasteiger partial charge on any atom is 0.416 e. The van der Waals surface area contributed by atoms with Gasteiger partial charge in [-0.15, -0.1) is 0 Å². The van der Waals surface area contributed by atoms with E-state index in [1.54, 1.807) is 30.7 Å². The largest absolute Gasteiger partial charge is 0.416 e. The summed E-state index contributed by atoms with van der Waals surface area (Å²) in [5, 5.41) is 4.48. The van der Waals surface area contributed by atoms with Crippen LogP contribution in [-0.4, -0.2) is 34.7 Å². The maximum absolute atomic E-state index is 13.7. The second kappa shape index (κ2) is 9.67. The lowest BCUT2D eigenvalue weighted by atomic mass is 9.98. The molecule has 1 aliphatic rings. The lowest BCUT2D eigenvalue weighted by Crippen LogP contribution is -2.23. The van der Waals surface area contributed by atoms with Crippen LogP contribution in [0.2, 0.25) is 0 Å². The van der Waals surface area contributed by atoms with Crippen molar-refractivity contribution < 1.29 is 22.0 Å². The number of fused-ring (bicyclic) bond motifs is 1. The summed E-state index contributed by atoms with van der Waals surface area (Å²) in [6, 6.07) is 4.42. The maximum atomic E-state index is 13.7.